The van der Waals surface area contributed by atoms with Crippen LogP contribution in [0.1, 0.15) is 32.3 Å². The highest BCUT2D eigenvalue weighted by Gasteiger charge is 2.32. The van der Waals surface area contributed by atoms with Crippen molar-refractivity contribution in [3.05, 3.63) is 60.2 Å². The van der Waals surface area contributed by atoms with Crippen LogP contribution in [-0.4, -0.2) is 49.1 Å². The fourth-order valence-corrected chi connectivity index (χ4v) is 5.26. The number of benzene rings is 2. The molecule has 1 N–H and O–H groups in total. The van der Waals surface area contributed by atoms with Crippen molar-refractivity contribution in [2.45, 2.75) is 38.1 Å². The third kappa shape index (κ3) is 5.51. The number of para-hydroxylation sites is 1. The fraction of sp³-hybridized carbons (Fsp3) is 0.391. The smallest absolute Gasteiger partial charge is 0.243 e. The predicted molar refractivity (Wildman–Crippen MR) is 120 cm³/mol. The number of rotatable bonds is 7. The van der Waals surface area contributed by atoms with E-state index in [9.17, 15) is 18.0 Å². The number of sulfonamides is 1. The van der Waals surface area contributed by atoms with Gasteiger partial charge in [-0.15, -0.1) is 0 Å². The van der Waals surface area contributed by atoms with E-state index in [1.54, 1.807) is 35.2 Å². The lowest BCUT2D eigenvalue weighted by molar-refractivity contribution is -0.129. The van der Waals surface area contributed by atoms with Crippen LogP contribution in [0.25, 0.3) is 0 Å². The number of nitrogens with zero attached hydrogens (tertiary/aromatic N) is 2. The molecule has 0 saturated carbocycles. The Balaban J connectivity index is 1.63. The third-order valence-electron chi connectivity index (χ3n) is 5.67. The average Bonchev–Trinajstić information content (AvgIpc) is 2.78. The summed E-state index contributed by atoms with van der Waals surface area (Å²) in [7, 11) is -3.54. The molecule has 0 aliphatic carbocycles. The summed E-state index contributed by atoms with van der Waals surface area (Å²) in [6, 6.07) is 15.8. The van der Waals surface area contributed by atoms with Crippen molar-refractivity contribution in [1.29, 1.82) is 0 Å². The van der Waals surface area contributed by atoms with Crippen LogP contribution in [0.3, 0.4) is 0 Å². The Morgan fingerprint density at radius 1 is 1.03 bits per heavy atom. The van der Waals surface area contributed by atoms with E-state index in [2.05, 4.69) is 5.32 Å². The zero-order valence-electron chi connectivity index (χ0n) is 18.0. The molecule has 0 spiro atoms. The highest BCUT2D eigenvalue weighted by Crippen LogP contribution is 2.26. The number of carbonyl (C=O) groups excluding carboxylic acids is 2. The van der Waals surface area contributed by atoms with Gasteiger partial charge in [-0.3, -0.25) is 9.59 Å². The molecule has 166 valence electrons. The maximum Gasteiger partial charge on any atom is 0.243 e. The summed E-state index contributed by atoms with van der Waals surface area (Å²) in [5.74, 6) is -0.393. The maximum atomic E-state index is 12.9. The van der Waals surface area contributed by atoms with Gasteiger partial charge >= 0.3 is 0 Å². The molecule has 31 heavy (non-hydrogen) atoms. The van der Waals surface area contributed by atoms with Crippen molar-refractivity contribution < 1.29 is 18.0 Å². The molecule has 0 radical (unpaired) electrons. The summed E-state index contributed by atoms with van der Waals surface area (Å²) in [5, 5.41) is 2.99. The zero-order chi connectivity index (χ0) is 22.4. The van der Waals surface area contributed by atoms with Gasteiger partial charge in [0, 0.05) is 44.7 Å². The van der Waals surface area contributed by atoms with Gasteiger partial charge in [0.25, 0.3) is 0 Å². The topological polar surface area (TPSA) is 86.8 Å². The zero-order valence-corrected chi connectivity index (χ0v) is 18.8. The minimum Gasteiger partial charge on any atom is -0.339 e. The van der Waals surface area contributed by atoms with Crippen molar-refractivity contribution in [3.8, 4) is 0 Å². The van der Waals surface area contributed by atoms with Crippen LogP contribution in [0, 0.1) is 5.92 Å². The molecule has 0 unspecified atom stereocenters. The predicted octanol–water partition coefficient (Wildman–Crippen LogP) is 3.09. The first kappa shape index (κ1) is 23.0. The molecular weight excluding hydrogens is 414 g/mol. The first-order valence-electron chi connectivity index (χ1n) is 10.5. The Labute approximate surface area is 184 Å². The minimum atomic E-state index is -3.54. The second kappa shape index (κ2) is 10.1. The number of anilines is 1. The van der Waals surface area contributed by atoms with Gasteiger partial charge < -0.3 is 10.2 Å². The van der Waals surface area contributed by atoms with Crippen LogP contribution >= 0.6 is 0 Å². The largest absolute Gasteiger partial charge is 0.339 e. The molecule has 0 bridgehead atoms. The van der Waals surface area contributed by atoms with E-state index >= 15 is 0 Å². The first-order valence-corrected chi connectivity index (χ1v) is 12.0. The van der Waals surface area contributed by atoms with Gasteiger partial charge in [-0.05, 0) is 43.5 Å². The Morgan fingerprint density at radius 2 is 1.65 bits per heavy atom. The molecule has 1 heterocycles. The van der Waals surface area contributed by atoms with E-state index in [0.29, 0.717) is 44.7 Å². The van der Waals surface area contributed by atoms with Crippen molar-refractivity contribution >= 4 is 27.5 Å². The van der Waals surface area contributed by atoms with E-state index in [-0.39, 0.29) is 22.6 Å². The van der Waals surface area contributed by atoms with Crippen LogP contribution in [0.15, 0.2) is 59.5 Å². The maximum absolute atomic E-state index is 12.9. The van der Waals surface area contributed by atoms with Gasteiger partial charge in [0.1, 0.15) is 0 Å². The summed E-state index contributed by atoms with van der Waals surface area (Å²) in [5.41, 5.74) is 1.56. The second-order valence-electron chi connectivity index (χ2n) is 7.67. The van der Waals surface area contributed by atoms with E-state index in [0.717, 1.165) is 5.56 Å². The molecule has 2 aromatic rings. The molecular formula is C23H29N3O4S. The first-order chi connectivity index (χ1) is 14.8. The van der Waals surface area contributed by atoms with Crippen molar-refractivity contribution in [2.75, 3.05) is 25.0 Å². The summed E-state index contributed by atoms with van der Waals surface area (Å²) >= 11 is 0. The third-order valence-corrected chi connectivity index (χ3v) is 7.58. The van der Waals surface area contributed by atoms with Gasteiger partial charge in [0.15, 0.2) is 0 Å². The van der Waals surface area contributed by atoms with Crippen LogP contribution in [-0.2, 0) is 26.2 Å². The normalized spacial score (nSPS) is 15.4. The van der Waals surface area contributed by atoms with Gasteiger partial charge in [0.2, 0.25) is 21.8 Å². The van der Waals surface area contributed by atoms with Crippen molar-refractivity contribution in [2.24, 2.45) is 5.92 Å². The Kier molecular flexibility index (Phi) is 7.46. The van der Waals surface area contributed by atoms with Crippen LogP contribution in [0.5, 0.6) is 0 Å². The molecule has 0 atom stereocenters. The van der Waals surface area contributed by atoms with Crippen LogP contribution in [0.4, 0.5) is 5.69 Å². The molecule has 0 aromatic heterocycles. The Morgan fingerprint density at radius 3 is 2.26 bits per heavy atom. The number of hydrogen-bond donors (Lipinski definition) is 1. The van der Waals surface area contributed by atoms with Gasteiger partial charge in [-0.1, -0.05) is 36.4 Å². The molecule has 3 rings (SSSR count). The highest BCUT2D eigenvalue weighted by atomic mass is 32.2. The number of carbonyl (C=O) groups is 2. The molecule has 2 aromatic carbocycles. The summed E-state index contributed by atoms with van der Waals surface area (Å²) in [6.45, 7) is 5.08. The molecule has 1 saturated heterocycles. The summed E-state index contributed by atoms with van der Waals surface area (Å²) < 4.78 is 27.0. The van der Waals surface area contributed by atoms with Crippen molar-refractivity contribution in [1.82, 2.24) is 9.21 Å². The fourth-order valence-electron chi connectivity index (χ4n) is 3.77. The second-order valence-corrected chi connectivity index (χ2v) is 9.61. The highest BCUT2D eigenvalue weighted by molar-refractivity contribution is 7.89. The van der Waals surface area contributed by atoms with Crippen LogP contribution in [0.2, 0.25) is 0 Å². The number of hydrogen-bond acceptors (Lipinski definition) is 4. The molecule has 1 aliphatic rings. The quantitative estimate of drug-likeness (QED) is 0.712. The molecule has 1 fully saturated rings. The molecule has 8 heteroatoms. The van der Waals surface area contributed by atoms with E-state index in [1.807, 2.05) is 31.2 Å². The van der Waals surface area contributed by atoms with E-state index in [4.69, 9.17) is 0 Å². The lowest BCUT2D eigenvalue weighted by Gasteiger charge is -2.30. The lowest BCUT2D eigenvalue weighted by Crippen LogP contribution is -2.41. The summed E-state index contributed by atoms with van der Waals surface area (Å²) in [4.78, 5) is 26.6. The standard InChI is InChI=1S/C23H29N3O4S/c1-3-25(18(2)27)17-20-9-7-8-12-22(20)24-23(28)19-13-15-26(16-14-19)31(29,30)21-10-5-4-6-11-21/h4-12,19H,3,13-17H2,1-2H3,(H,24,28). The van der Waals surface area contributed by atoms with Gasteiger partial charge in [-0.25, -0.2) is 8.42 Å². The minimum absolute atomic E-state index is 0.0179. The van der Waals surface area contributed by atoms with E-state index < -0.39 is 10.0 Å². The summed E-state index contributed by atoms with van der Waals surface area (Å²) in [6.07, 6.45) is 0.934. The molecule has 2 amide bonds. The van der Waals surface area contributed by atoms with Gasteiger partial charge in [-0.2, -0.15) is 4.31 Å². The van der Waals surface area contributed by atoms with Crippen LogP contribution < -0.4 is 5.32 Å². The lowest BCUT2D eigenvalue weighted by atomic mass is 9.97. The van der Waals surface area contributed by atoms with E-state index in [1.165, 1.54) is 11.2 Å². The van der Waals surface area contributed by atoms with Gasteiger partial charge in [0.05, 0.1) is 4.90 Å². The Hall–Kier alpha value is -2.71. The molecule has 7 nitrogen and oxygen atoms in total. The number of piperidine rings is 1. The number of nitrogens with one attached hydrogen (secondary N) is 1. The molecule has 1 aliphatic heterocycles. The monoisotopic (exact) mass is 443 g/mol. The SMILES string of the molecule is CCN(Cc1ccccc1NC(=O)C1CCN(S(=O)(=O)c2ccccc2)CC1)C(C)=O. The Bertz CT molecular complexity index is 1020. The number of amides is 2. The average molecular weight is 444 g/mol. The van der Waals surface area contributed by atoms with Crippen molar-refractivity contribution in [3.63, 3.8) is 0 Å².